The molecule has 0 radical (unpaired) electrons. The molecule has 3 aromatic rings. The highest BCUT2D eigenvalue weighted by molar-refractivity contribution is 5.90. The summed E-state index contributed by atoms with van der Waals surface area (Å²) in [4.78, 5) is 23.3. The van der Waals surface area contributed by atoms with Gasteiger partial charge >= 0.3 is 0 Å². The molecule has 1 N–H and O–H groups in total. The first-order valence-electron chi connectivity index (χ1n) is 6.27. The minimum absolute atomic E-state index is 0.0847. The summed E-state index contributed by atoms with van der Waals surface area (Å²) in [5, 5.41) is 1.66. The van der Waals surface area contributed by atoms with Gasteiger partial charge in [-0.1, -0.05) is 0 Å². The van der Waals surface area contributed by atoms with Gasteiger partial charge in [-0.15, -0.1) is 0 Å². The fraction of sp³-hybridized carbons (Fsp3) is 0.133. The van der Waals surface area contributed by atoms with Gasteiger partial charge in [-0.3, -0.25) is 14.8 Å². The minimum Gasteiger partial charge on any atom is -0.321 e. The molecular formula is C15H11N3O. The standard InChI is InChI=1S/C15H11N3O/c19-15-13-8-17-6-4-10(13)11-2-1-9-3-5-16-7-12(9)14(11)18-15/h3-8H,1-2H2,(H,18,19). The zero-order chi connectivity index (χ0) is 12.8. The number of aryl methyl sites for hydroxylation is 2. The molecule has 4 heteroatoms. The van der Waals surface area contributed by atoms with Crippen LogP contribution in [0.25, 0.3) is 22.0 Å². The van der Waals surface area contributed by atoms with Crippen LogP contribution in [-0.4, -0.2) is 15.0 Å². The Balaban J connectivity index is 2.16. The lowest BCUT2D eigenvalue weighted by Crippen LogP contribution is -2.15. The lowest BCUT2D eigenvalue weighted by Gasteiger charge is -2.20. The summed E-state index contributed by atoms with van der Waals surface area (Å²) < 4.78 is 0. The van der Waals surface area contributed by atoms with Crippen molar-refractivity contribution in [1.29, 1.82) is 0 Å². The van der Waals surface area contributed by atoms with Gasteiger partial charge in [-0.05, 0) is 41.5 Å². The van der Waals surface area contributed by atoms with E-state index in [1.165, 1.54) is 11.1 Å². The molecule has 0 atom stereocenters. The first-order chi connectivity index (χ1) is 9.34. The third kappa shape index (κ3) is 1.43. The van der Waals surface area contributed by atoms with Gasteiger partial charge in [-0.25, -0.2) is 0 Å². The molecule has 0 fully saturated rings. The number of nitrogens with zero attached hydrogens (tertiary/aromatic N) is 2. The predicted molar refractivity (Wildman–Crippen MR) is 73.0 cm³/mol. The summed E-state index contributed by atoms with van der Waals surface area (Å²) in [5.74, 6) is 0. The summed E-state index contributed by atoms with van der Waals surface area (Å²) in [6.07, 6.45) is 8.91. The Morgan fingerprint density at radius 2 is 1.84 bits per heavy atom. The Morgan fingerprint density at radius 3 is 2.79 bits per heavy atom. The number of fused-ring (bicyclic) bond motifs is 5. The van der Waals surface area contributed by atoms with Crippen LogP contribution in [-0.2, 0) is 12.8 Å². The van der Waals surface area contributed by atoms with Crippen molar-refractivity contribution in [3.63, 3.8) is 0 Å². The van der Waals surface area contributed by atoms with Crippen LogP contribution in [0.1, 0.15) is 11.1 Å². The van der Waals surface area contributed by atoms with Crippen LogP contribution in [0.2, 0.25) is 0 Å². The molecule has 0 saturated carbocycles. The van der Waals surface area contributed by atoms with Crippen LogP contribution >= 0.6 is 0 Å². The van der Waals surface area contributed by atoms with Gasteiger partial charge in [0.2, 0.25) is 0 Å². The van der Waals surface area contributed by atoms with E-state index in [0.29, 0.717) is 5.39 Å². The van der Waals surface area contributed by atoms with E-state index >= 15 is 0 Å². The van der Waals surface area contributed by atoms with Gasteiger partial charge in [0.05, 0.1) is 11.1 Å². The third-order valence-electron chi connectivity index (χ3n) is 3.76. The molecule has 1 aliphatic rings. The zero-order valence-electron chi connectivity index (χ0n) is 10.2. The lowest BCUT2D eigenvalue weighted by atomic mass is 9.88. The monoisotopic (exact) mass is 249 g/mol. The SMILES string of the molecule is O=c1[nH]c2c(c3ccncc13)CCc1ccncc1-2. The van der Waals surface area contributed by atoms with Gasteiger partial charge in [-0.2, -0.15) is 0 Å². The average molecular weight is 249 g/mol. The molecule has 0 spiro atoms. The molecule has 0 amide bonds. The number of hydrogen-bond donors (Lipinski definition) is 1. The predicted octanol–water partition coefficient (Wildman–Crippen LogP) is 2.08. The molecule has 0 bridgehead atoms. The first kappa shape index (κ1) is 10.4. The maximum absolute atomic E-state index is 12.1. The minimum atomic E-state index is -0.0847. The number of pyridine rings is 3. The van der Waals surface area contributed by atoms with E-state index < -0.39 is 0 Å². The van der Waals surface area contributed by atoms with E-state index in [1.807, 2.05) is 18.3 Å². The summed E-state index contributed by atoms with van der Waals surface area (Å²) in [7, 11) is 0. The fourth-order valence-corrected chi connectivity index (χ4v) is 2.85. The summed E-state index contributed by atoms with van der Waals surface area (Å²) >= 11 is 0. The number of H-pyrrole nitrogens is 1. The second kappa shape index (κ2) is 3.75. The number of nitrogens with one attached hydrogen (secondary N) is 1. The van der Waals surface area contributed by atoms with Gasteiger partial charge < -0.3 is 4.98 Å². The molecule has 4 rings (SSSR count). The van der Waals surface area contributed by atoms with Gasteiger partial charge in [0.15, 0.2) is 0 Å². The van der Waals surface area contributed by atoms with Crippen molar-refractivity contribution in [2.24, 2.45) is 0 Å². The maximum atomic E-state index is 12.1. The van der Waals surface area contributed by atoms with Crippen molar-refractivity contribution in [2.45, 2.75) is 12.8 Å². The van der Waals surface area contributed by atoms with Crippen LogP contribution in [0.15, 0.2) is 41.7 Å². The van der Waals surface area contributed by atoms with Crippen LogP contribution in [0.4, 0.5) is 0 Å². The van der Waals surface area contributed by atoms with E-state index in [0.717, 1.165) is 29.5 Å². The molecule has 0 unspecified atom stereocenters. The Morgan fingerprint density at radius 1 is 1.00 bits per heavy atom. The molecule has 3 aromatic heterocycles. The second-order valence-corrected chi connectivity index (χ2v) is 4.76. The molecule has 0 aromatic carbocycles. The van der Waals surface area contributed by atoms with Crippen molar-refractivity contribution in [3.05, 3.63) is 58.4 Å². The van der Waals surface area contributed by atoms with Crippen molar-refractivity contribution in [1.82, 2.24) is 15.0 Å². The number of rotatable bonds is 0. The maximum Gasteiger partial charge on any atom is 0.257 e. The summed E-state index contributed by atoms with van der Waals surface area (Å²) in [6.45, 7) is 0. The quantitative estimate of drug-likeness (QED) is 0.663. The Kier molecular flexibility index (Phi) is 2.06. The van der Waals surface area contributed by atoms with Crippen molar-refractivity contribution < 1.29 is 0 Å². The molecule has 19 heavy (non-hydrogen) atoms. The van der Waals surface area contributed by atoms with Crippen molar-refractivity contribution in [3.8, 4) is 11.3 Å². The number of hydrogen-bond acceptors (Lipinski definition) is 3. The average Bonchev–Trinajstić information content (AvgIpc) is 2.47. The highest BCUT2D eigenvalue weighted by Crippen LogP contribution is 2.33. The fourth-order valence-electron chi connectivity index (χ4n) is 2.85. The third-order valence-corrected chi connectivity index (χ3v) is 3.76. The van der Waals surface area contributed by atoms with Crippen LogP contribution in [0.5, 0.6) is 0 Å². The number of aromatic nitrogens is 3. The smallest absolute Gasteiger partial charge is 0.257 e. The Labute approximate surface area is 109 Å². The van der Waals surface area contributed by atoms with Gasteiger partial charge in [0.25, 0.3) is 5.56 Å². The zero-order valence-corrected chi connectivity index (χ0v) is 10.2. The highest BCUT2D eigenvalue weighted by atomic mass is 16.1. The van der Waals surface area contributed by atoms with E-state index in [4.69, 9.17) is 0 Å². The van der Waals surface area contributed by atoms with E-state index in [2.05, 4.69) is 15.0 Å². The lowest BCUT2D eigenvalue weighted by molar-refractivity contribution is 0.928. The van der Waals surface area contributed by atoms with Crippen molar-refractivity contribution in [2.75, 3.05) is 0 Å². The molecule has 92 valence electrons. The summed E-state index contributed by atoms with van der Waals surface area (Å²) in [6, 6.07) is 3.94. The van der Waals surface area contributed by atoms with Crippen LogP contribution in [0, 0.1) is 0 Å². The molecule has 1 aliphatic carbocycles. The Bertz CT molecular complexity index is 851. The van der Waals surface area contributed by atoms with Crippen LogP contribution in [0.3, 0.4) is 0 Å². The van der Waals surface area contributed by atoms with E-state index in [1.54, 1.807) is 18.6 Å². The highest BCUT2D eigenvalue weighted by Gasteiger charge is 2.19. The van der Waals surface area contributed by atoms with Gasteiger partial charge in [0, 0.05) is 30.4 Å². The van der Waals surface area contributed by atoms with Crippen molar-refractivity contribution >= 4 is 10.8 Å². The molecule has 3 heterocycles. The largest absolute Gasteiger partial charge is 0.321 e. The normalized spacial score (nSPS) is 13.1. The second-order valence-electron chi connectivity index (χ2n) is 4.76. The van der Waals surface area contributed by atoms with Crippen LogP contribution < -0.4 is 5.56 Å². The topological polar surface area (TPSA) is 58.6 Å². The van der Waals surface area contributed by atoms with E-state index in [9.17, 15) is 4.79 Å². The molecular weight excluding hydrogens is 238 g/mol. The molecule has 0 aliphatic heterocycles. The molecule has 0 saturated heterocycles. The number of aromatic amines is 1. The Hall–Kier alpha value is -2.49. The van der Waals surface area contributed by atoms with Gasteiger partial charge in [0.1, 0.15) is 0 Å². The first-order valence-corrected chi connectivity index (χ1v) is 6.27. The van der Waals surface area contributed by atoms with E-state index in [-0.39, 0.29) is 5.56 Å². The molecule has 4 nitrogen and oxygen atoms in total. The summed E-state index contributed by atoms with van der Waals surface area (Å²) in [5.41, 5.74) is 4.31.